The van der Waals surface area contributed by atoms with E-state index in [0.29, 0.717) is 18.3 Å². The number of aromatic nitrogens is 2. The third kappa shape index (κ3) is 4.46. The second-order valence-corrected chi connectivity index (χ2v) is 9.20. The van der Waals surface area contributed by atoms with Gasteiger partial charge in [0.1, 0.15) is 10.8 Å². The predicted molar refractivity (Wildman–Crippen MR) is 112 cm³/mol. The molecule has 0 spiro atoms. The molecule has 3 heterocycles. The number of amides is 1. The first-order valence-corrected chi connectivity index (χ1v) is 11.2. The number of pyridine rings is 2. The lowest BCUT2D eigenvalue weighted by Crippen LogP contribution is -2.49. The summed E-state index contributed by atoms with van der Waals surface area (Å²) in [6.45, 7) is 3.01. The van der Waals surface area contributed by atoms with E-state index in [1.807, 2.05) is 35.4 Å². The van der Waals surface area contributed by atoms with E-state index in [2.05, 4.69) is 30.8 Å². The highest BCUT2D eigenvalue weighted by Gasteiger charge is 2.26. The number of hydrogen-bond donors (Lipinski definition) is 0. The minimum Gasteiger partial charge on any atom is -0.353 e. The second-order valence-electron chi connectivity index (χ2n) is 6.99. The Labute approximate surface area is 172 Å². The van der Waals surface area contributed by atoms with Crippen LogP contribution in [0.2, 0.25) is 0 Å². The summed E-state index contributed by atoms with van der Waals surface area (Å²) in [6.07, 6.45) is 8.65. The molecule has 0 N–H and O–H groups in total. The van der Waals surface area contributed by atoms with Crippen LogP contribution in [-0.4, -0.2) is 52.2 Å². The topological polar surface area (TPSA) is 49.3 Å². The summed E-state index contributed by atoms with van der Waals surface area (Å²) < 4.78 is 0.976. The van der Waals surface area contributed by atoms with Crippen LogP contribution >= 0.6 is 27.7 Å². The summed E-state index contributed by atoms with van der Waals surface area (Å²) in [5.41, 5.74) is 0.754. The Kier molecular flexibility index (Phi) is 5.98. The van der Waals surface area contributed by atoms with Crippen molar-refractivity contribution in [2.75, 3.05) is 31.1 Å². The van der Waals surface area contributed by atoms with Crippen LogP contribution in [0.15, 0.2) is 46.2 Å². The molecule has 1 aliphatic carbocycles. The molecule has 0 atom stereocenters. The van der Waals surface area contributed by atoms with Gasteiger partial charge >= 0.3 is 0 Å². The molecule has 1 saturated carbocycles. The zero-order valence-electron chi connectivity index (χ0n) is 15.2. The van der Waals surface area contributed by atoms with Crippen molar-refractivity contribution in [3.05, 3.63) is 46.7 Å². The molecule has 0 bridgehead atoms. The summed E-state index contributed by atoms with van der Waals surface area (Å²) in [7, 11) is 0. The highest BCUT2D eigenvalue weighted by Crippen LogP contribution is 2.35. The molecule has 4 rings (SSSR count). The van der Waals surface area contributed by atoms with E-state index >= 15 is 0 Å². The van der Waals surface area contributed by atoms with Crippen LogP contribution in [0.1, 0.15) is 36.0 Å². The van der Waals surface area contributed by atoms with Gasteiger partial charge in [-0.2, -0.15) is 0 Å². The average molecular weight is 447 g/mol. The lowest BCUT2D eigenvalue weighted by Gasteiger charge is -2.35. The van der Waals surface area contributed by atoms with E-state index in [4.69, 9.17) is 0 Å². The normalized spacial score (nSPS) is 18.1. The van der Waals surface area contributed by atoms with Gasteiger partial charge in [0.2, 0.25) is 0 Å². The van der Waals surface area contributed by atoms with Crippen molar-refractivity contribution in [2.45, 2.75) is 36.0 Å². The van der Waals surface area contributed by atoms with E-state index < -0.39 is 0 Å². The van der Waals surface area contributed by atoms with Gasteiger partial charge < -0.3 is 9.80 Å². The molecule has 1 saturated heterocycles. The molecule has 2 aromatic rings. The van der Waals surface area contributed by atoms with E-state index in [1.165, 1.54) is 25.7 Å². The Balaban J connectivity index is 1.41. The van der Waals surface area contributed by atoms with Crippen molar-refractivity contribution in [1.29, 1.82) is 0 Å². The molecular weight excluding hydrogens is 424 g/mol. The SMILES string of the molecule is O=C(c1cccnc1SC1CCCC1)N1CCN(c2ccc(Br)cn2)CC1. The zero-order chi connectivity index (χ0) is 18.6. The molecular formula is C20H23BrN4OS. The van der Waals surface area contributed by atoms with Gasteiger partial charge in [-0.05, 0) is 53.0 Å². The van der Waals surface area contributed by atoms with Crippen LogP contribution in [0.4, 0.5) is 5.82 Å². The van der Waals surface area contributed by atoms with Crippen LogP contribution in [0, 0.1) is 0 Å². The van der Waals surface area contributed by atoms with Crippen LogP contribution in [0.3, 0.4) is 0 Å². The summed E-state index contributed by atoms with van der Waals surface area (Å²) in [5.74, 6) is 1.07. The maximum absolute atomic E-state index is 13.1. The Bertz CT molecular complexity index is 787. The molecule has 1 aliphatic heterocycles. The molecule has 2 fully saturated rings. The average Bonchev–Trinajstić information content (AvgIpc) is 3.22. The van der Waals surface area contributed by atoms with Gasteiger partial charge in [-0.25, -0.2) is 9.97 Å². The number of thioether (sulfide) groups is 1. The molecule has 0 unspecified atom stereocenters. The fourth-order valence-corrected chi connectivity index (χ4v) is 5.20. The molecule has 27 heavy (non-hydrogen) atoms. The number of hydrogen-bond acceptors (Lipinski definition) is 5. The molecule has 7 heteroatoms. The number of nitrogens with zero attached hydrogens (tertiary/aromatic N) is 4. The van der Waals surface area contributed by atoms with Crippen molar-refractivity contribution >= 4 is 39.4 Å². The molecule has 1 amide bonds. The third-order valence-corrected chi connectivity index (χ3v) is 7.01. The molecule has 0 radical (unpaired) electrons. The smallest absolute Gasteiger partial charge is 0.256 e. The number of rotatable bonds is 4. The fraction of sp³-hybridized carbons (Fsp3) is 0.450. The van der Waals surface area contributed by atoms with Gasteiger partial charge in [-0.3, -0.25) is 4.79 Å². The molecule has 2 aromatic heterocycles. The molecule has 0 aromatic carbocycles. The first-order valence-electron chi connectivity index (χ1n) is 9.48. The lowest BCUT2D eigenvalue weighted by atomic mass is 10.2. The van der Waals surface area contributed by atoms with Crippen molar-refractivity contribution in [3.8, 4) is 0 Å². The van der Waals surface area contributed by atoms with Gasteiger partial charge in [-0.15, -0.1) is 11.8 Å². The number of carbonyl (C=O) groups is 1. The molecule has 2 aliphatic rings. The van der Waals surface area contributed by atoms with Crippen molar-refractivity contribution in [2.24, 2.45) is 0 Å². The van der Waals surface area contributed by atoms with Crippen LogP contribution in [0.25, 0.3) is 0 Å². The maximum Gasteiger partial charge on any atom is 0.256 e. The zero-order valence-corrected chi connectivity index (χ0v) is 17.6. The largest absolute Gasteiger partial charge is 0.353 e. The highest BCUT2D eigenvalue weighted by atomic mass is 79.9. The standard InChI is InChI=1S/C20H23BrN4OS/c21-15-7-8-18(23-14-15)24-10-12-25(13-11-24)20(26)17-6-3-9-22-19(17)27-16-4-1-2-5-16/h3,6-9,14,16H,1-2,4-5,10-13H2. The van der Waals surface area contributed by atoms with Crippen molar-refractivity contribution in [3.63, 3.8) is 0 Å². The summed E-state index contributed by atoms with van der Waals surface area (Å²) in [6, 6.07) is 7.81. The van der Waals surface area contributed by atoms with Crippen LogP contribution in [0.5, 0.6) is 0 Å². The molecule has 142 valence electrons. The number of piperazine rings is 1. The highest BCUT2D eigenvalue weighted by molar-refractivity contribution is 9.10. The lowest BCUT2D eigenvalue weighted by molar-refractivity contribution is 0.0742. The van der Waals surface area contributed by atoms with E-state index in [0.717, 1.165) is 34.0 Å². The van der Waals surface area contributed by atoms with Gasteiger partial charge in [0.15, 0.2) is 0 Å². The van der Waals surface area contributed by atoms with Crippen molar-refractivity contribution < 1.29 is 4.79 Å². The van der Waals surface area contributed by atoms with E-state index in [-0.39, 0.29) is 5.91 Å². The predicted octanol–water partition coefficient (Wildman–Crippen LogP) is 4.24. The summed E-state index contributed by atoms with van der Waals surface area (Å²) in [4.78, 5) is 26.3. The quantitative estimate of drug-likeness (QED) is 0.702. The van der Waals surface area contributed by atoms with E-state index in [9.17, 15) is 4.79 Å². The molecule has 5 nitrogen and oxygen atoms in total. The monoisotopic (exact) mass is 446 g/mol. The Hall–Kier alpha value is -1.60. The van der Waals surface area contributed by atoms with Crippen LogP contribution < -0.4 is 4.90 Å². The Morgan fingerprint density at radius 1 is 1.07 bits per heavy atom. The van der Waals surface area contributed by atoms with Gasteiger partial charge in [-0.1, -0.05) is 12.8 Å². The maximum atomic E-state index is 13.1. The van der Waals surface area contributed by atoms with Gasteiger partial charge in [0.05, 0.1) is 5.56 Å². The minimum absolute atomic E-state index is 0.104. The summed E-state index contributed by atoms with van der Waals surface area (Å²) >= 11 is 5.21. The third-order valence-electron chi connectivity index (χ3n) is 5.18. The summed E-state index contributed by atoms with van der Waals surface area (Å²) in [5, 5.41) is 1.50. The van der Waals surface area contributed by atoms with Gasteiger partial charge in [0.25, 0.3) is 5.91 Å². The first kappa shape index (κ1) is 18.7. The Morgan fingerprint density at radius 3 is 2.56 bits per heavy atom. The fourth-order valence-electron chi connectivity index (χ4n) is 3.68. The Morgan fingerprint density at radius 2 is 1.85 bits per heavy atom. The number of carbonyl (C=O) groups excluding carboxylic acids is 1. The van der Waals surface area contributed by atoms with Crippen LogP contribution in [-0.2, 0) is 0 Å². The number of halogens is 1. The second kappa shape index (κ2) is 8.61. The van der Waals surface area contributed by atoms with Gasteiger partial charge in [0, 0.05) is 48.3 Å². The van der Waals surface area contributed by atoms with Crippen molar-refractivity contribution in [1.82, 2.24) is 14.9 Å². The van der Waals surface area contributed by atoms with E-state index in [1.54, 1.807) is 18.0 Å². The first-order chi connectivity index (χ1) is 13.2. The minimum atomic E-state index is 0.104. The number of anilines is 1.